The zero-order chi connectivity index (χ0) is 24.4. The highest BCUT2D eigenvalue weighted by atomic mass is 35.5. The monoisotopic (exact) mass is 460 g/mol. The molecule has 0 aliphatic heterocycles. The molecule has 2 rings (SSSR count). The van der Waals surface area contributed by atoms with Crippen LogP contribution in [0, 0.1) is 6.92 Å². The van der Waals surface area contributed by atoms with Crippen LogP contribution in [-0.2, 0) is 0 Å². The number of halogens is 1. The van der Waals surface area contributed by atoms with Crippen LogP contribution in [0.2, 0.25) is 0 Å². The van der Waals surface area contributed by atoms with Crippen molar-refractivity contribution in [3.63, 3.8) is 0 Å². The van der Waals surface area contributed by atoms with Crippen LogP contribution in [0.15, 0.2) is 41.0 Å². The third kappa shape index (κ3) is 4.69. The van der Waals surface area contributed by atoms with Gasteiger partial charge in [0.05, 0.1) is 5.56 Å². The van der Waals surface area contributed by atoms with E-state index in [0.717, 1.165) is 30.1 Å². The van der Waals surface area contributed by atoms with Crippen molar-refractivity contribution >= 4 is 23.2 Å². The summed E-state index contributed by atoms with van der Waals surface area (Å²) in [5, 5.41) is 32.3. The summed E-state index contributed by atoms with van der Waals surface area (Å²) in [4.78, 5) is 25.1. The molecule has 0 radical (unpaired) electrons. The van der Waals surface area contributed by atoms with E-state index >= 15 is 0 Å². The predicted molar refractivity (Wildman–Crippen MR) is 128 cm³/mol. The van der Waals surface area contributed by atoms with Crippen LogP contribution < -0.4 is 0 Å². The number of hydrogen-bond donors (Lipinski definition) is 3. The molecule has 0 heterocycles. The third-order valence-corrected chi connectivity index (χ3v) is 6.66. The van der Waals surface area contributed by atoms with Gasteiger partial charge >= 0.3 is 0 Å². The Kier molecular flexibility index (Phi) is 7.79. The summed E-state index contributed by atoms with van der Waals surface area (Å²) in [6.45, 7) is 11.0. The highest BCUT2D eigenvalue weighted by Crippen LogP contribution is 2.49. The molecule has 2 atom stereocenters. The van der Waals surface area contributed by atoms with E-state index in [1.807, 2.05) is 34.6 Å². The third-order valence-electron chi connectivity index (χ3n) is 6.02. The number of Topliss-reactive ketones (excluding diaryl/α,β-unsaturated/α-hetero) is 2. The number of hydrogen-bond acceptors (Lipinski definition) is 5. The molecular weight excluding hydrogens is 428 g/mol. The van der Waals surface area contributed by atoms with Crippen LogP contribution >= 0.6 is 11.6 Å². The normalized spacial score (nSPS) is 23.1. The van der Waals surface area contributed by atoms with E-state index in [1.54, 1.807) is 12.2 Å². The van der Waals surface area contributed by atoms with E-state index in [-0.39, 0.29) is 35.3 Å². The summed E-state index contributed by atoms with van der Waals surface area (Å²) >= 11 is 6.82. The fourth-order valence-corrected chi connectivity index (χ4v) is 4.16. The Labute approximate surface area is 195 Å². The van der Waals surface area contributed by atoms with E-state index in [2.05, 4.69) is 6.08 Å². The molecule has 0 saturated carbocycles. The van der Waals surface area contributed by atoms with Crippen LogP contribution in [0.1, 0.15) is 86.6 Å². The maximum atomic E-state index is 13.5. The van der Waals surface area contributed by atoms with Crippen molar-refractivity contribution in [3.8, 4) is 11.5 Å². The fourth-order valence-electron chi connectivity index (χ4n) is 3.82. The molecule has 0 unspecified atom stereocenters. The molecule has 1 aliphatic rings. The molecule has 0 bridgehead atoms. The van der Waals surface area contributed by atoms with Crippen LogP contribution in [-0.4, -0.2) is 37.4 Å². The van der Waals surface area contributed by atoms with E-state index in [4.69, 9.17) is 11.6 Å². The van der Waals surface area contributed by atoms with Crippen molar-refractivity contribution < 1.29 is 24.9 Å². The number of ketones is 2. The Balaban J connectivity index is 2.62. The van der Waals surface area contributed by atoms with Gasteiger partial charge in [-0.25, -0.2) is 0 Å². The molecule has 1 aromatic rings. The summed E-state index contributed by atoms with van der Waals surface area (Å²) in [6, 6.07) is 1.12. The molecule has 3 N–H and O–H groups in total. The molecule has 6 heteroatoms. The van der Waals surface area contributed by atoms with Crippen LogP contribution in [0.5, 0.6) is 11.5 Å². The lowest BCUT2D eigenvalue weighted by molar-refractivity contribution is 0.00725. The lowest BCUT2D eigenvalue weighted by Gasteiger charge is -2.44. The van der Waals surface area contributed by atoms with Gasteiger partial charge in [-0.1, -0.05) is 34.9 Å². The predicted octanol–water partition coefficient (Wildman–Crippen LogP) is 5.93. The van der Waals surface area contributed by atoms with Crippen LogP contribution in [0.3, 0.4) is 0 Å². The SMILES string of the molecule is CC(C)=CCC/C(C)=C/C[C@]1(O)C(=O)c2cc(O)c(C)c(O)c2C(=O)[C@@]1(Cl)CC=C(C)C. The first-order valence-corrected chi connectivity index (χ1v) is 11.1. The standard InChI is InChI=1S/C26H33ClO5/c1-15(2)8-7-9-17(5)11-13-26(32)23(30)19-14-20(28)18(6)22(29)21(19)24(31)25(26,27)12-10-16(3)4/h8,10-11,14,28-29,32H,7,9,12-13H2,1-6H3/b17-11+/t25-,26-/m0/s1. The lowest BCUT2D eigenvalue weighted by Crippen LogP contribution is -2.63. The molecule has 1 aromatic carbocycles. The van der Waals surface area contributed by atoms with E-state index in [1.165, 1.54) is 12.5 Å². The minimum absolute atomic E-state index is 0.0755. The first-order valence-electron chi connectivity index (χ1n) is 10.7. The van der Waals surface area contributed by atoms with Crippen molar-refractivity contribution in [2.75, 3.05) is 0 Å². The number of rotatable bonds is 7. The quantitative estimate of drug-likeness (QED) is 0.346. The van der Waals surface area contributed by atoms with Crippen LogP contribution in [0.4, 0.5) is 0 Å². The van der Waals surface area contributed by atoms with Gasteiger partial charge in [-0.05, 0) is 66.9 Å². The molecule has 0 fully saturated rings. The second-order valence-electron chi connectivity index (χ2n) is 9.17. The minimum Gasteiger partial charge on any atom is -0.508 e. The Hall–Kier alpha value is -2.37. The Morgan fingerprint density at radius 1 is 0.969 bits per heavy atom. The van der Waals surface area contributed by atoms with Crippen molar-refractivity contribution in [2.45, 2.75) is 77.7 Å². The van der Waals surface area contributed by atoms with Crippen LogP contribution in [0.25, 0.3) is 0 Å². The van der Waals surface area contributed by atoms with Gasteiger partial charge in [0.2, 0.25) is 0 Å². The van der Waals surface area contributed by atoms with Gasteiger partial charge in [-0.2, -0.15) is 0 Å². The average Bonchev–Trinajstić information content (AvgIpc) is 2.71. The van der Waals surface area contributed by atoms with Crippen molar-refractivity contribution in [3.05, 3.63) is 57.7 Å². The zero-order valence-corrected chi connectivity index (χ0v) is 20.4. The number of aromatic hydroxyl groups is 2. The number of aliphatic hydroxyl groups is 1. The highest BCUT2D eigenvalue weighted by Gasteiger charge is 2.62. The topological polar surface area (TPSA) is 94.8 Å². The summed E-state index contributed by atoms with van der Waals surface area (Å²) in [5.41, 5.74) is 0.398. The van der Waals surface area contributed by atoms with Gasteiger partial charge in [0.15, 0.2) is 17.2 Å². The summed E-state index contributed by atoms with van der Waals surface area (Å²) in [7, 11) is 0. The van der Waals surface area contributed by atoms with Gasteiger partial charge < -0.3 is 15.3 Å². The second-order valence-corrected chi connectivity index (χ2v) is 9.82. The van der Waals surface area contributed by atoms with Gasteiger partial charge in [0.1, 0.15) is 16.4 Å². The largest absolute Gasteiger partial charge is 0.508 e. The lowest BCUT2D eigenvalue weighted by atomic mass is 9.66. The molecule has 32 heavy (non-hydrogen) atoms. The molecule has 5 nitrogen and oxygen atoms in total. The number of carbonyl (C=O) groups excluding carboxylic acids is 2. The first-order chi connectivity index (χ1) is 14.8. The number of benzene rings is 1. The Morgan fingerprint density at radius 3 is 2.12 bits per heavy atom. The number of fused-ring (bicyclic) bond motifs is 1. The average molecular weight is 461 g/mol. The Bertz CT molecular complexity index is 1030. The van der Waals surface area contributed by atoms with Crippen molar-refractivity contribution in [1.29, 1.82) is 0 Å². The second kappa shape index (κ2) is 9.63. The summed E-state index contributed by atoms with van der Waals surface area (Å²) < 4.78 is 0. The van der Waals surface area contributed by atoms with Gasteiger partial charge in [-0.15, -0.1) is 11.6 Å². The maximum Gasteiger partial charge on any atom is 0.197 e. The zero-order valence-electron chi connectivity index (χ0n) is 19.7. The number of phenols is 2. The summed E-state index contributed by atoms with van der Waals surface area (Å²) in [5.74, 6) is -2.34. The maximum absolute atomic E-state index is 13.5. The van der Waals surface area contributed by atoms with Gasteiger partial charge in [0.25, 0.3) is 0 Å². The highest BCUT2D eigenvalue weighted by molar-refractivity contribution is 6.44. The first kappa shape index (κ1) is 25.9. The summed E-state index contributed by atoms with van der Waals surface area (Å²) in [6.07, 6.45) is 6.86. The van der Waals surface area contributed by atoms with Gasteiger partial charge in [-0.3, -0.25) is 9.59 Å². The van der Waals surface area contributed by atoms with Gasteiger partial charge in [0, 0.05) is 17.5 Å². The van der Waals surface area contributed by atoms with E-state index in [9.17, 15) is 24.9 Å². The number of phenolic OH excluding ortho intramolecular Hbond substituents is 2. The Morgan fingerprint density at radius 2 is 1.56 bits per heavy atom. The fraction of sp³-hybridized carbons (Fsp3) is 0.462. The number of allylic oxidation sites excluding steroid dienone is 5. The van der Waals surface area contributed by atoms with E-state index in [0.29, 0.717) is 0 Å². The van der Waals surface area contributed by atoms with Crippen molar-refractivity contribution in [2.24, 2.45) is 0 Å². The van der Waals surface area contributed by atoms with Crippen molar-refractivity contribution in [1.82, 2.24) is 0 Å². The molecule has 0 saturated heterocycles. The molecule has 0 amide bonds. The number of alkyl halides is 1. The minimum atomic E-state index is -2.24. The number of carbonyl (C=O) groups is 2. The molecule has 0 spiro atoms. The molecule has 0 aromatic heterocycles. The molecular formula is C26H33ClO5. The molecule has 174 valence electrons. The molecule has 1 aliphatic carbocycles. The van der Waals surface area contributed by atoms with E-state index < -0.39 is 27.8 Å². The smallest absolute Gasteiger partial charge is 0.197 e.